The first kappa shape index (κ1) is 15.1. The van der Waals surface area contributed by atoms with E-state index in [1.165, 1.54) is 20.9 Å². The van der Waals surface area contributed by atoms with E-state index in [1.54, 1.807) is 0 Å². The Kier molecular flexibility index (Phi) is 4.51. The molecule has 0 saturated carbocycles. The van der Waals surface area contributed by atoms with Gasteiger partial charge in [0.1, 0.15) is 5.75 Å². The summed E-state index contributed by atoms with van der Waals surface area (Å²) < 4.78 is 0. The minimum Gasteiger partial charge on any atom is -0.507 e. The number of benzene rings is 1. The summed E-state index contributed by atoms with van der Waals surface area (Å²) in [7, 11) is 0. The molecule has 108 valence electrons. The maximum Gasteiger partial charge on any atom is 0.121 e. The van der Waals surface area contributed by atoms with E-state index in [1.807, 2.05) is 37.3 Å². The minimum absolute atomic E-state index is 0.342. The number of aromatic hydroxyl groups is 1. The van der Waals surface area contributed by atoms with Gasteiger partial charge in [0, 0.05) is 22.3 Å². The van der Waals surface area contributed by atoms with Crippen LogP contribution in [-0.4, -0.2) is 5.11 Å². The highest BCUT2D eigenvalue weighted by Gasteiger charge is 2.11. The van der Waals surface area contributed by atoms with E-state index in [9.17, 15) is 5.11 Å². The molecule has 1 atom stereocenters. The van der Waals surface area contributed by atoms with Crippen LogP contribution in [0.15, 0.2) is 18.2 Å². The van der Waals surface area contributed by atoms with E-state index in [0.29, 0.717) is 11.8 Å². The lowest BCUT2D eigenvalue weighted by atomic mass is 10.0. The Morgan fingerprint density at radius 1 is 1.10 bits per heavy atom. The van der Waals surface area contributed by atoms with Crippen molar-refractivity contribution in [2.45, 2.75) is 47.2 Å². The number of phenolic OH excluding ortho intramolecular Hbond substituents is 1. The second kappa shape index (κ2) is 5.98. The van der Waals surface area contributed by atoms with E-state index in [0.717, 1.165) is 17.7 Å². The Labute approximate surface area is 125 Å². The first-order valence-corrected chi connectivity index (χ1v) is 7.79. The second-order valence-electron chi connectivity index (χ2n) is 5.55. The molecular formula is C17H23NOS. The fraction of sp³-hybridized carbons (Fsp3) is 0.412. The summed E-state index contributed by atoms with van der Waals surface area (Å²) in [6.07, 6.45) is 0. The maximum atomic E-state index is 9.81. The molecule has 1 aromatic carbocycles. The summed E-state index contributed by atoms with van der Waals surface area (Å²) in [6.45, 7) is 11.2. The van der Waals surface area contributed by atoms with Crippen molar-refractivity contribution in [3.8, 4) is 5.75 Å². The van der Waals surface area contributed by atoms with Crippen LogP contribution in [0.2, 0.25) is 0 Å². The molecule has 1 aromatic heterocycles. The number of phenols is 1. The van der Waals surface area contributed by atoms with E-state index in [2.05, 4.69) is 32.2 Å². The maximum absolute atomic E-state index is 9.81. The molecule has 0 saturated heterocycles. The van der Waals surface area contributed by atoms with Gasteiger partial charge in [-0.05, 0) is 62.9 Å². The molecule has 20 heavy (non-hydrogen) atoms. The summed E-state index contributed by atoms with van der Waals surface area (Å²) in [4.78, 5) is 2.75. The molecule has 0 spiro atoms. The van der Waals surface area contributed by atoms with Crippen LogP contribution in [0.5, 0.6) is 5.75 Å². The van der Waals surface area contributed by atoms with Gasteiger partial charge in [-0.1, -0.05) is 12.1 Å². The van der Waals surface area contributed by atoms with Crippen molar-refractivity contribution in [1.82, 2.24) is 5.32 Å². The van der Waals surface area contributed by atoms with Gasteiger partial charge in [0.25, 0.3) is 0 Å². The molecule has 0 radical (unpaired) electrons. The molecule has 0 amide bonds. The van der Waals surface area contributed by atoms with Gasteiger partial charge in [-0.2, -0.15) is 0 Å². The van der Waals surface area contributed by atoms with Crippen LogP contribution in [0.1, 0.15) is 45.0 Å². The fourth-order valence-corrected chi connectivity index (χ4v) is 3.63. The van der Waals surface area contributed by atoms with Crippen LogP contribution in [0.4, 0.5) is 0 Å². The average Bonchev–Trinajstić information content (AvgIpc) is 2.72. The van der Waals surface area contributed by atoms with E-state index < -0.39 is 0 Å². The van der Waals surface area contributed by atoms with Crippen LogP contribution < -0.4 is 5.32 Å². The molecule has 0 fully saturated rings. The zero-order chi connectivity index (χ0) is 14.9. The highest BCUT2D eigenvalue weighted by atomic mass is 32.1. The smallest absolute Gasteiger partial charge is 0.121 e. The number of aryl methyl sites for hydroxylation is 4. The predicted molar refractivity (Wildman–Crippen MR) is 86.6 cm³/mol. The number of thiophene rings is 1. The van der Waals surface area contributed by atoms with E-state index >= 15 is 0 Å². The molecular weight excluding hydrogens is 266 g/mol. The highest BCUT2D eigenvalue weighted by molar-refractivity contribution is 7.12. The van der Waals surface area contributed by atoms with Crippen molar-refractivity contribution in [3.05, 3.63) is 50.2 Å². The van der Waals surface area contributed by atoms with Gasteiger partial charge in [-0.15, -0.1) is 11.3 Å². The summed E-state index contributed by atoms with van der Waals surface area (Å²) in [6, 6.07) is 6.71. The fourth-order valence-electron chi connectivity index (χ4n) is 2.61. The molecule has 2 nitrogen and oxygen atoms in total. The van der Waals surface area contributed by atoms with Gasteiger partial charge in [-0.25, -0.2) is 0 Å². The molecule has 2 aromatic rings. The van der Waals surface area contributed by atoms with Gasteiger partial charge < -0.3 is 10.4 Å². The Morgan fingerprint density at radius 3 is 2.20 bits per heavy atom. The largest absolute Gasteiger partial charge is 0.507 e. The van der Waals surface area contributed by atoms with Crippen LogP contribution in [0, 0.1) is 27.7 Å². The number of hydrogen-bond donors (Lipinski definition) is 2. The van der Waals surface area contributed by atoms with Crippen molar-refractivity contribution < 1.29 is 5.11 Å². The lowest BCUT2D eigenvalue weighted by molar-refractivity contribution is 0.466. The van der Waals surface area contributed by atoms with Crippen molar-refractivity contribution in [1.29, 1.82) is 0 Å². The van der Waals surface area contributed by atoms with E-state index in [4.69, 9.17) is 0 Å². The Bertz CT molecular complexity index is 592. The number of nitrogens with one attached hydrogen (secondary N) is 1. The zero-order valence-electron chi connectivity index (χ0n) is 12.9. The lowest BCUT2D eigenvalue weighted by Crippen LogP contribution is -2.18. The topological polar surface area (TPSA) is 32.3 Å². The lowest BCUT2D eigenvalue weighted by Gasteiger charge is -2.15. The molecule has 1 heterocycles. The quantitative estimate of drug-likeness (QED) is 0.866. The highest BCUT2D eigenvalue weighted by Crippen LogP contribution is 2.27. The summed E-state index contributed by atoms with van der Waals surface area (Å²) >= 11 is 1.85. The molecule has 3 heteroatoms. The van der Waals surface area contributed by atoms with Gasteiger partial charge in [-0.3, -0.25) is 0 Å². The molecule has 2 rings (SSSR count). The normalized spacial score (nSPS) is 12.7. The third-order valence-electron chi connectivity index (χ3n) is 3.71. The van der Waals surface area contributed by atoms with Crippen LogP contribution >= 0.6 is 11.3 Å². The van der Waals surface area contributed by atoms with Gasteiger partial charge >= 0.3 is 0 Å². The summed E-state index contributed by atoms with van der Waals surface area (Å²) in [5.74, 6) is 0.408. The third-order valence-corrected chi connectivity index (χ3v) is 4.69. The van der Waals surface area contributed by atoms with Crippen molar-refractivity contribution >= 4 is 11.3 Å². The summed E-state index contributed by atoms with van der Waals surface area (Å²) in [5.41, 5.74) is 4.49. The standard InChI is InChI=1S/C17H23NOS/c1-10-6-15(7-11(2)17(10)19)9-18-13(4)16-8-12(3)20-14(16)5/h6-8,13,18-19H,9H2,1-5H3. The van der Waals surface area contributed by atoms with Gasteiger partial charge in [0.05, 0.1) is 0 Å². The van der Waals surface area contributed by atoms with Crippen LogP contribution in [0.25, 0.3) is 0 Å². The molecule has 0 bridgehead atoms. The van der Waals surface area contributed by atoms with Crippen LogP contribution in [0.3, 0.4) is 0 Å². The Balaban J connectivity index is 2.07. The van der Waals surface area contributed by atoms with E-state index in [-0.39, 0.29) is 0 Å². The first-order valence-electron chi connectivity index (χ1n) is 6.98. The van der Waals surface area contributed by atoms with Crippen molar-refractivity contribution in [3.63, 3.8) is 0 Å². The van der Waals surface area contributed by atoms with Crippen LogP contribution in [-0.2, 0) is 6.54 Å². The van der Waals surface area contributed by atoms with Crippen molar-refractivity contribution in [2.24, 2.45) is 0 Å². The molecule has 2 N–H and O–H groups in total. The monoisotopic (exact) mass is 289 g/mol. The average molecular weight is 289 g/mol. The first-order chi connectivity index (χ1) is 9.38. The molecule has 0 aliphatic rings. The van der Waals surface area contributed by atoms with Gasteiger partial charge in [0.2, 0.25) is 0 Å². The molecule has 0 aliphatic carbocycles. The third kappa shape index (κ3) is 3.22. The molecule has 1 unspecified atom stereocenters. The number of rotatable bonds is 4. The predicted octanol–water partition coefficient (Wildman–Crippen LogP) is 4.54. The van der Waals surface area contributed by atoms with Crippen molar-refractivity contribution in [2.75, 3.05) is 0 Å². The Morgan fingerprint density at radius 2 is 1.70 bits per heavy atom. The second-order valence-corrected chi connectivity index (χ2v) is 7.01. The zero-order valence-corrected chi connectivity index (χ0v) is 13.7. The minimum atomic E-state index is 0.342. The Hall–Kier alpha value is -1.32. The number of hydrogen-bond acceptors (Lipinski definition) is 3. The summed E-state index contributed by atoms with van der Waals surface area (Å²) in [5, 5.41) is 13.4. The van der Waals surface area contributed by atoms with Gasteiger partial charge in [0.15, 0.2) is 0 Å². The molecule has 0 aliphatic heterocycles. The SMILES string of the molecule is Cc1cc(C(C)NCc2cc(C)c(O)c(C)c2)c(C)s1.